The van der Waals surface area contributed by atoms with E-state index in [-0.39, 0.29) is 18.5 Å². The summed E-state index contributed by atoms with van der Waals surface area (Å²) >= 11 is 0. The standard InChI is InChI=1S/C21H24N6/c22-25-19(16-10-4-1-5-11-16)26(23)21(18-14-8-3-9-15-18)27(24)20(25)17-12-6-2-7-13-17/h1-15,19-21H,22-24H2. The SMILES string of the molecule is NN1C(c2ccccc2)N(N)C(c2ccccc2)N(N)C1c1ccccc1. The Hall–Kier alpha value is -2.58. The molecule has 0 aromatic heterocycles. The molecule has 1 aliphatic heterocycles. The van der Waals surface area contributed by atoms with Crippen molar-refractivity contribution in [1.82, 2.24) is 15.0 Å². The fourth-order valence-electron chi connectivity index (χ4n) is 3.77. The maximum absolute atomic E-state index is 6.60. The lowest BCUT2D eigenvalue weighted by Crippen LogP contribution is -2.65. The van der Waals surface area contributed by atoms with Crippen LogP contribution in [-0.4, -0.2) is 15.0 Å². The van der Waals surface area contributed by atoms with Gasteiger partial charge < -0.3 is 0 Å². The van der Waals surface area contributed by atoms with Crippen LogP contribution in [0.4, 0.5) is 0 Å². The quantitative estimate of drug-likeness (QED) is 0.623. The second kappa shape index (κ2) is 7.58. The minimum absolute atomic E-state index is 0.332. The molecule has 3 aromatic carbocycles. The number of benzene rings is 3. The van der Waals surface area contributed by atoms with Crippen LogP contribution in [-0.2, 0) is 0 Å². The predicted molar refractivity (Wildman–Crippen MR) is 106 cm³/mol. The summed E-state index contributed by atoms with van der Waals surface area (Å²) in [6.07, 6.45) is -0.996. The van der Waals surface area contributed by atoms with Gasteiger partial charge in [0.05, 0.1) is 0 Å². The summed E-state index contributed by atoms with van der Waals surface area (Å²) in [6, 6.07) is 30.0. The van der Waals surface area contributed by atoms with Gasteiger partial charge in [-0.1, -0.05) is 91.0 Å². The molecule has 0 atom stereocenters. The Labute approximate surface area is 159 Å². The molecule has 1 saturated heterocycles. The zero-order valence-electron chi connectivity index (χ0n) is 15.0. The molecule has 0 radical (unpaired) electrons. The van der Waals surface area contributed by atoms with E-state index < -0.39 is 0 Å². The zero-order valence-corrected chi connectivity index (χ0v) is 15.0. The number of hydrogen-bond donors (Lipinski definition) is 3. The lowest BCUT2D eigenvalue weighted by Gasteiger charge is -2.53. The second-order valence-electron chi connectivity index (χ2n) is 6.69. The fraction of sp³-hybridized carbons (Fsp3) is 0.143. The first-order valence-electron chi connectivity index (χ1n) is 8.92. The van der Waals surface area contributed by atoms with Crippen LogP contribution in [0.15, 0.2) is 91.0 Å². The Kier molecular flexibility index (Phi) is 5.00. The van der Waals surface area contributed by atoms with Crippen molar-refractivity contribution < 1.29 is 0 Å². The van der Waals surface area contributed by atoms with Crippen molar-refractivity contribution in [3.8, 4) is 0 Å². The Balaban J connectivity index is 1.83. The third-order valence-corrected chi connectivity index (χ3v) is 4.99. The van der Waals surface area contributed by atoms with Gasteiger partial charge in [0, 0.05) is 0 Å². The van der Waals surface area contributed by atoms with Gasteiger partial charge in [0.25, 0.3) is 0 Å². The molecule has 1 aliphatic rings. The third-order valence-electron chi connectivity index (χ3n) is 4.99. The summed E-state index contributed by atoms with van der Waals surface area (Å²) < 4.78 is 0. The van der Waals surface area contributed by atoms with Crippen LogP contribution in [0.2, 0.25) is 0 Å². The smallest absolute Gasteiger partial charge is 0.118 e. The molecule has 0 bridgehead atoms. The molecule has 1 heterocycles. The first-order chi connectivity index (χ1) is 13.2. The Bertz CT molecular complexity index is 728. The number of rotatable bonds is 3. The molecular formula is C21H24N6. The zero-order chi connectivity index (χ0) is 18.8. The van der Waals surface area contributed by atoms with Crippen molar-refractivity contribution in [2.24, 2.45) is 17.5 Å². The molecule has 0 saturated carbocycles. The van der Waals surface area contributed by atoms with E-state index in [1.807, 2.05) is 91.0 Å². The molecule has 27 heavy (non-hydrogen) atoms. The van der Waals surface area contributed by atoms with Crippen molar-refractivity contribution in [1.29, 1.82) is 0 Å². The monoisotopic (exact) mass is 360 g/mol. The molecule has 6 nitrogen and oxygen atoms in total. The Morgan fingerprint density at radius 2 is 0.630 bits per heavy atom. The first-order valence-corrected chi connectivity index (χ1v) is 8.92. The van der Waals surface area contributed by atoms with Gasteiger partial charge in [-0.05, 0) is 16.7 Å². The van der Waals surface area contributed by atoms with E-state index in [9.17, 15) is 0 Å². The van der Waals surface area contributed by atoms with Gasteiger partial charge >= 0.3 is 0 Å². The van der Waals surface area contributed by atoms with Gasteiger partial charge in [0.1, 0.15) is 18.5 Å². The number of hydrogen-bond acceptors (Lipinski definition) is 6. The normalized spacial score (nSPS) is 24.8. The van der Waals surface area contributed by atoms with Gasteiger partial charge in [-0.2, -0.15) is 0 Å². The maximum atomic E-state index is 6.60. The van der Waals surface area contributed by atoms with Crippen LogP contribution in [0, 0.1) is 0 Å². The molecule has 0 amide bonds. The topological polar surface area (TPSA) is 87.8 Å². The molecule has 4 rings (SSSR count). The van der Waals surface area contributed by atoms with Crippen LogP contribution < -0.4 is 17.5 Å². The minimum atomic E-state index is -0.332. The highest BCUT2D eigenvalue weighted by molar-refractivity contribution is 5.26. The molecular weight excluding hydrogens is 336 g/mol. The van der Waals surface area contributed by atoms with E-state index in [0.717, 1.165) is 16.7 Å². The molecule has 138 valence electrons. The van der Waals surface area contributed by atoms with E-state index >= 15 is 0 Å². The van der Waals surface area contributed by atoms with Gasteiger partial charge in [-0.3, -0.25) is 17.5 Å². The van der Waals surface area contributed by atoms with E-state index in [1.165, 1.54) is 0 Å². The molecule has 3 aromatic rings. The summed E-state index contributed by atoms with van der Waals surface area (Å²) in [5, 5.41) is 5.14. The lowest BCUT2D eigenvalue weighted by atomic mass is 10.0. The average Bonchev–Trinajstić information content (AvgIpc) is 2.70. The Morgan fingerprint density at radius 3 is 0.852 bits per heavy atom. The minimum Gasteiger partial charge on any atom is -0.265 e. The van der Waals surface area contributed by atoms with E-state index in [0.29, 0.717) is 0 Å². The van der Waals surface area contributed by atoms with Crippen LogP contribution in [0.25, 0.3) is 0 Å². The van der Waals surface area contributed by atoms with E-state index in [4.69, 9.17) is 17.5 Å². The highest BCUT2D eigenvalue weighted by atomic mass is 15.8. The van der Waals surface area contributed by atoms with Crippen LogP contribution >= 0.6 is 0 Å². The summed E-state index contributed by atoms with van der Waals surface area (Å²) in [4.78, 5) is 0. The number of nitrogens with two attached hydrogens (primary N) is 3. The summed E-state index contributed by atoms with van der Waals surface area (Å²) in [5.74, 6) is 19.8. The van der Waals surface area contributed by atoms with Gasteiger partial charge in [0.2, 0.25) is 0 Å². The summed E-state index contributed by atoms with van der Waals surface area (Å²) in [5.41, 5.74) is 3.03. The Morgan fingerprint density at radius 1 is 0.407 bits per heavy atom. The van der Waals surface area contributed by atoms with Gasteiger partial charge in [-0.15, -0.1) is 0 Å². The highest BCUT2D eigenvalue weighted by Crippen LogP contribution is 2.42. The second-order valence-corrected chi connectivity index (χ2v) is 6.69. The molecule has 0 unspecified atom stereocenters. The van der Waals surface area contributed by atoms with Crippen LogP contribution in [0.1, 0.15) is 35.2 Å². The van der Waals surface area contributed by atoms with Crippen LogP contribution in [0.5, 0.6) is 0 Å². The highest BCUT2D eigenvalue weighted by Gasteiger charge is 2.44. The van der Waals surface area contributed by atoms with Crippen LogP contribution in [0.3, 0.4) is 0 Å². The maximum Gasteiger partial charge on any atom is 0.118 e. The number of hydrazine groups is 3. The van der Waals surface area contributed by atoms with Crippen molar-refractivity contribution in [2.45, 2.75) is 18.5 Å². The average molecular weight is 360 g/mol. The third kappa shape index (κ3) is 3.26. The van der Waals surface area contributed by atoms with Gasteiger partial charge in [0.15, 0.2) is 0 Å². The van der Waals surface area contributed by atoms with Crippen molar-refractivity contribution in [2.75, 3.05) is 0 Å². The lowest BCUT2D eigenvalue weighted by molar-refractivity contribution is -0.188. The summed E-state index contributed by atoms with van der Waals surface area (Å²) in [7, 11) is 0. The van der Waals surface area contributed by atoms with E-state index in [2.05, 4.69) is 0 Å². The summed E-state index contributed by atoms with van der Waals surface area (Å²) in [6.45, 7) is 0. The van der Waals surface area contributed by atoms with Crippen molar-refractivity contribution in [3.05, 3.63) is 108 Å². The molecule has 0 spiro atoms. The molecule has 0 aliphatic carbocycles. The molecule has 1 fully saturated rings. The fourth-order valence-corrected chi connectivity index (χ4v) is 3.77. The predicted octanol–water partition coefficient (Wildman–Crippen LogP) is 2.62. The first kappa shape index (κ1) is 17.8. The van der Waals surface area contributed by atoms with Crippen molar-refractivity contribution >= 4 is 0 Å². The molecule has 6 N–H and O–H groups in total. The molecule has 6 heteroatoms. The van der Waals surface area contributed by atoms with Crippen molar-refractivity contribution in [3.63, 3.8) is 0 Å². The van der Waals surface area contributed by atoms with E-state index in [1.54, 1.807) is 15.0 Å². The van der Waals surface area contributed by atoms with Gasteiger partial charge in [-0.25, -0.2) is 15.0 Å². The largest absolute Gasteiger partial charge is 0.265 e. The number of nitrogens with zero attached hydrogens (tertiary/aromatic N) is 3.